The molecule has 2 aliphatic heterocycles. The van der Waals surface area contributed by atoms with Gasteiger partial charge in [-0.25, -0.2) is 4.79 Å². The van der Waals surface area contributed by atoms with E-state index >= 15 is 0 Å². The average Bonchev–Trinajstić information content (AvgIpc) is 2.91. The molecule has 1 fully saturated rings. The number of aromatic nitrogens is 2. The van der Waals surface area contributed by atoms with Crippen LogP contribution in [0.3, 0.4) is 0 Å². The van der Waals surface area contributed by atoms with Crippen molar-refractivity contribution in [3.63, 3.8) is 0 Å². The Hall–Kier alpha value is -3.93. The smallest absolute Gasteiger partial charge is 0.351 e. The second-order valence-electron chi connectivity index (χ2n) is 8.32. The van der Waals surface area contributed by atoms with Gasteiger partial charge in [0.15, 0.2) is 0 Å². The molecule has 0 saturated carbocycles. The zero-order valence-electron chi connectivity index (χ0n) is 19.4. The first-order valence-corrected chi connectivity index (χ1v) is 11.5. The number of carbonyl (C=O) groups is 1. The number of nitrogens with one attached hydrogen (secondary N) is 1. The SMILES string of the molecule is CNC(=O)c1ccc(C#Cc2ccc3c(c2)CCn2c-3cc(OCC3COCCO3)nc2=O)cc1. The van der Waals surface area contributed by atoms with Crippen LogP contribution in [-0.4, -0.2) is 55.0 Å². The van der Waals surface area contributed by atoms with Crippen LogP contribution in [0.1, 0.15) is 27.0 Å². The summed E-state index contributed by atoms with van der Waals surface area (Å²) < 4.78 is 18.4. The van der Waals surface area contributed by atoms with Gasteiger partial charge in [-0.05, 0) is 48.4 Å². The van der Waals surface area contributed by atoms with Gasteiger partial charge in [0, 0.05) is 41.9 Å². The van der Waals surface area contributed by atoms with Crippen LogP contribution in [0.2, 0.25) is 0 Å². The molecule has 0 radical (unpaired) electrons. The van der Waals surface area contributed by atoms with E-state index in [1.54, 1.807) is 23.7 Å². The average molecular weight is 472 g/mol. The Morgan fingerprint density at radius 1 is 1.14 bits per heavy atom. The first-order valence-electron chi connectivity index (χ1n) is 11.5. The lowest BCUT2D eigenvalue weighted by atomic mass is 9.95. The highest BCUT2D eigenvalue weighted by atomic mass is 16.6. The van der Waals surface area contributed by atoms with Gasteiger partial charge in [0.25, 0.3) is 5.91 Å². The summed E-state index contributed by atoms with van der Waals surface area (Å²) in [7, 11) is 1.60. The lowest BCUT2D eigenvalue weighted by molar-refractivity contribution is -0.102. The zero-order chi connectivity index (χ0) is 24.2. The molecule has 5 rings (SSSR count). The van der Waals surface area contributed by atoms with E-state index in [-0.39, 0.29) is 30.2 Å². The van der Waals surface area contributed by atoms with Crippen molar-refractivity contribution < 1.29 is 19.0 Å². The van der Waals surface area contributed by atoms with Crippen LogP contribution in [0.15, 0.2) is 53.3 Å². The van der Waals surface area contributed by atoms with E-state index in [0.717, 1.165) is 27.9 Å². The maximum absolute atomic E-state index is 12.6. The summed E-state index contributed by atoms with van der Waals surface area (Å²) in [5.41, 5.74) is 4.85. The standard InChI is InChI=1S/C27H25N3O5/c1-28-26(31)20-7-4-18(5-8-20)2-3-19-6-9-23-21(14-19)10-11-30-24(23)15-25(29-27(30)32)35-17-22-16-33-12-13-34-22/h4-9,14-15,22H,10-13,16-17H2,1H3,(H,28,31). The Labute approximate surface area is 202 Å². The van der Waals surface area contributed by atoms with E-state index < -0.39 is 0 Å². The van der Waals surface area contributed by atoms with Gasteiger partial charge in [-0.1, -0.05) is 17.9 Å². The van der Waals surface area contributed by atoms with Crippen LogP contribution in [0, 0.1) is 11.8 Å². The van der Waals surface area contributed by atoms with Crippen LogP contribution in [0.5, 0.6) is 5.88 Å². The molecule has 1 N–H and O–H groups in total. The molecule has 0 aliphatic carbocycles. The zero-order valence-corrected chi connectivity index (χ0v) is 19.4. The lowest BCUT2D eigenvalue weighted by Gasteiger charge is -2.24. The predicted molar refractivity (Wildman–Crippen MR) is 130 cm³/mol. The summed E-state index contributed by atoms with van der Waals surface area (Å²) in [6.45, 7) is 2.41. The van der Waals surface area contributed by atoms with Gasteiger partial charge in [-0.2, -0.15) is 4.98 Å². The first kappa shape index (κ1) is 22.8. The summed E-state index contributed by atoms with van der Waals surface area (Å²) >= 11 is 0. The van der Waals surface area contributed by atoms with Gasteiger partial charge in [-0.15, -0.1) is 0 Å². The van der Waals surface area contributed by atoms with E-state index in [2.05, 4.69) is 28.2 Å². The molecule has 178 valence electrons. The molecule has 3 heterocycles. The number of rotatable bonds is 4. The van der Waals surface area contributed by atoms with Crippen molar-refractivity contribution >= 4 is 5.91 Å². The molecule has 35 heavy (non-hydrogen) atoms. The highest BCUT2D eigenvalue weighted by Crippen LogP contribution is 2.30. The Kier molecular flexibility index (Phi) is 6.62. The number of fused-ring (bicyclic) bond motifs is 3. The highest BCUT2D eigenvalue weighted by Gasteiger charge is 2.21. The predicted octanol–water partition coefficient (Wildman–Crippen LogP) is 2.02. The topological polar surface area (TPSA) is 91.7 Å². The van der Waals surface area contributed by atoms with Crippen molar-refractivity contribution in [3.05, 3.63) is 81.3 Å². The third-order valence-electron chi connectivity index (χ3n) is 6.00. The Balaban J connectivity index is 1.35. The van der Waals surface area contributed by atoms with Crippen LogP contribution < -0.4 is 15.7 Å². The van der Waals surface area contributed by atoms with Crippen LogP contribution >= 0.6 is 0 Å². The normalized spacial score (nSPS) is 16.3. The largest absolute Gasteiger partial charge is 0.475 e. The van der Waals surface area contributed by atoms with Crippen molar-refractivity contribution in [3.8, 4) is 29.0 Å². The van der Waals surface area contributed by atoms with Crippen LogP contribution in [0.4, 0.5) is 0 Å². The van der Waals surface area contributed by atoms with Gasteiger partial charge in [0.1, 0.15) is 12.7 Å². The van der Waals surface area contributed by atoms with E-state index in [9.17, 15) is 9.59 Å². The summed E-state index contributed by atoms with van der Waals surface area (Å²) in [6.07, 6.45) is 0.547. The first-order chi connectivity index (χ1) is 17.1. The van der Waals surface area contributed by atoms with E-state index in [1.807, 2.05) is 30.3 Å². The third-order valence-corrected chi connectivity index (χ3v) is 6.00. The minimum atomic E-state index is -0.326. The Morgan fingerprint density at radius 3 is 2.71 bits per heavy atom. The molecule has 8 heteroatoms. The molecule has 1 saturated heterocycles. The third kappa shape index (κ3) is 5.11. The highest BCUT2D eigenvalue weighted by molar-refractivity contribution is 5.94. The van der Waals surface area contributed by atoms with E-state index in [4.69, 9.17) is 14.2 Å². The summed E-state index contributed by atoms with van der Waals surface area (Å²) in [6, 6.07) is 15.0. The van der Waals surface area contributed by atoms with Crippen molar-refractivity contribution in [2.45, 2.75) is 19.1 Å². The number of amides is 1. The second-order valence-corrected chi connectivity index (χ2v) is 8.32. The molecule has 2 aliphatic rings. The quantitative estimate of drug-likeness (QED) is 0.586. The summed E-state index contributed by atoms with van der Waals surface area (Å²) in [5.74, 6) is 6.50. The molecule has 2 aromatic carbocycles. The van der Waals surface area contributed by atoms with Gasteiger partial charge in [0.2, 0.25) is 5.88 Å². The molecule has 1 atom stereocenters. The van der Waals surface area contributed by atoms with Crippen molar-refractivity contribution in [1.29, 1.82) is 0 Å². The minimum Gasteiger partial charge on any atom is -0.475 e. The fraction of sp³-hybridized carbons (Fsp3) is 0.296. The monoisotopic (exact) mass is 471 g/mol. The molecule has 0 spiro atoms. The molecule has 8 nitrogen and oxygen atoms in total. The number of ether oxygens (including phenoxy) is 3. The molecule has 1 unspecified atom stereocenters. The Morgan fingerprint density at radius 2 is 1.94 bits per heavy atom. The number of benzene rings is 2. The lowest BCUT2D eigenvalue weighted by Crippen LogP contribution is -2.34. The van der Waals surface area contributed by atoms with Gasteiger partial charge in [0.05, 0.1) is 25.5 Å². The maximum atomic E-state index is 12.6. The summed E-state index contributed by atoms with van der Waals surface area (Å²) in [5, 5.41) is 2.60. The maximum Gasteiger partial charge on any atom is 0.351 e. The van der Waals surface area contributed by atoms with E-state index in [0.29, 0.717) is 38.3 Å². The number of nitrogens with zero attached hydrogens (tertiary/aromatic N) is 2. The van der Waals surface area contributed by atoms with Crippen molar-refractivity contribution in [1.82, 2.24) is 14.9 Å². The van der Waals surface area contributed by atoms with Gasteiger partial charge >= 0.3 is 5.69 Å². The van der Waals surface area contributed by atoms with Crippen molar-refractivity contribution in [2.24, 2.45) is 0 Å². The Bertz CT molecular complexity index is 1360. The number of hydrogen-bond donors (Lipinski definition) is 1. The fourth-order valence-electron chi connectivity index (χ4n) is 4.16. The van der Waals surface area contributed by atoms with Crippen LogP contribution in [-0.2, 0) is 22.4 Å². The summed E-state index contributed by atoms with van der Waals surface area (Å²) in [4.78, 5) is 28.4. The molecule has 1 aromatic heterocycles. The number of hydrogen-bond acceptors (Lipinski definition) is 6. The molecule has 0 bridgehead atoms. The van der Waals surface area contributed by atoms with Crippen LogP contribution in [0.25, 0.3) is 11.3 Å². The molecule has 3 aromatic rings. The second kappa shape index (κ2) is 10.1. The van der Waals surface area contributed by atoms with E-state index in [1.165, 1.54) is 0 Å². The molecular formula is C27H25N3O5. The molecule has 1 amide bonds. The van der Waals surface area contributed by atoms with Gasteiger partial charge < -0.3 is 19.5 Å². The van der Waals surface area contributed by atoms with Gasteiger partial charge in [-0.3, -0.25) is 9.36 Å². The number of aryl methyl sites for hydroxylation is 1. The van der Waals surface area contributed by atoms with Crippen molar-refractivity contribution in [2.75, 3.05) is 33.5 Å². The minimum absolute atomic E-state index is 0.126. The molecular weight excluding hydrogens is 446 g/mol. The number of carbonyl (C=O) groups excluding carboxylic acids is 1. The fourth-order valence-corrected chi connectivity index (χ4v) is 4.16.